The second-order valence-electron chi connectivity index (χ2n) is 6.08. The fourth-order valence-electron chi connectivity index (χ4n) is 2.49. The lowest BCUT2D eigenvalue weighted by Crippen LogP contribution is -2.19. The number of halogens is 4. The fourth-order valence-corrected chi connectivity index (χ4v) is 3.39. The predicted molar refractivity (Wildman–Crippen MR) is 102 cm³/mol. The summed E-state index contributed by atoms with van der Waals surface area (Å²) in [6.07, 6.45) is -2.60. The van der Waals surface area contributed by atoms with Crippen molar-refractivity contribution in [2.45, 2.75) is 17.5 Å². The van der Waals surface area contributed by atoms with Crippen LogP contribution in [-0.2, 0) is 27.4 Å². The summed E-state index contributed by atoms with van der Waals surface area (Å²) in [7, 11) is -4.41. The molecular weight excluding hydrogens is 447 g/mol. The molecule has 158 valence electrons. The summed E-state index contributed by atoms with van der Waals surface area (Å²) in [6, 6.07) is 7.64. The van der Waals surface area contributed by atoms with Crippen molar-refractivity contribution < 1.29 is 26.4 Å². The van der Waals surface area contributed by atoms with Gasteiger partial charge in [0, 0.05) is 11.2 Å². The average Bonchev–Trinajstić information content (AvgIpc) is 3.13. The number of aromatic nitrogens is 3. The SMILES string of the molecule is NS(=O)(=O)c1cc(NC(=O)Cc2ccccc2Cl)cnc1-n1cc(C(F)(F)F)cn1. The molecule has 1 amide bonds. The lowest BCUT2D eigenvalue weighted by Gasteiger charge is -2.11. The molecule has 0 saturated carbocycles. The van der Waals surface area contributed by atoms with Crippen molar-refractivity contribution in [1.82, 2.24) is 14.8 Å². The lowest BCUT2D eigenvalue weighted by atomic mass is 10.1. The van der Waals surface area contributed by atoms with Gasteiger partial charge in [-0.15, -0.1) is 0 Å². The highest BCUT2D eigenvalue weighted by molar-refractivity contribution is 7.89. The molecule has 0 aliphatic heterocycles. The Bertz CT molecular complexity index is 1210. The summed E-state index contributed by atoms with van der Waals surface area (Å²) in [5.74, 6) is -0.964. The third-order valence-corrected chi connectivity index (χ3v) is 5.14. The molecule has 0 aliphatic rings. The van der Waals surface area contributed by atoms with Gasteiger partial charge in [0.05, 0.1) is 30.1 Å². The van der Waals surface area contributed by atoms with E-state index in [4.69, 9.17) is 16.7 Å². The van der Waals surface area contributed by atoms with Crippen LogP contribution in [0.25, 0.3) is 5.82 Å². The number of nitrogens with one attached hydrogen (secondary N) is 1. The highest BCUT2D eigenvalue weighted by Crippen LogP contribution is 2.30. The highest BCUT2D eigenvalue weighted by atomic mass is 35.5. The molecule has 0 aliphatic carbocycles. The molecule has 30 heavy (non-hydrogen) atoms. The molecule has 2 heterocycles. The number of pyridine rings is 1. The van der Waals surface area contributed by atoms with Gasteiger partial charge in [0.1, 0.15) is 4.90 Å². The Morgan fingerprint density at radius 3 is 2.53 bits per heavy atom. The van der Waals surface area contributed by atoms with Gasteiger partial charge in [0.2, 0.25) is 15.9 Å². The third kappa shape index (κ3) is 4.96. The van der Waals surface area contributed by atoms with E-state index in [1.807, 2.05) is 0 Å². The van der Waals surface area contributed by atoms with E-state index in [0.29, 0.717) is 27.7 Å². The molecule has 0 atom stereocenters. The van der Waals surface area contributed by atoms with Crippen LogP contribution in [0.2, 0.25) is 5.02 Å². The van der Waals surface area contributed by atoms with E-state index >= 15 is 0 Å². The first kappa shape index (κ1) is 21.7. The van der Waals surface area contributed by atoms with Crippen molar-refractivity contribution in [3.63, 3.8) is 0 Å². The number of amides is 1. The molecule has 0 radical (unpaired) electrons. The van der Waals surface area contributed by atoms with E-state index in [0.717, 1.165) is 12.3 Å². The van der Waals surface area contributed by atoms with Crippen LogP contribution in [0, 0.1) is 0 Å². The standard InChI is InChI=1S/C17H13ClF3N5O3S/c18-13-4-2-1-3-10(13)5-15(27)25-12-6-14(30(22,28)29)16(23-8-12)26-9-11(7-24-26)17(19,20)21/h1-4,6-9H,5H2,(H,25,27)(H2,22,28,29). The van der Waals surface area contributed by atoms with Crippen LogP contribution in [0.5, 0.6) is 0 Å². The molecule has 8 nitrogen and oxygen atoms in total. The van der Waals surface area contributed by atoms with Crippen molar-refractivity contribution in [2.24, 2.45) is 5.14 Å². The summed E-state index contributed by atoms with van der Waals surface area (Å²) in [5, 5.41) is 11.5. The van der Waals surface area contributed by atoms with E-state index in [1.165, 1.54) is 0 Å². The van der Waals surface area contributed by atoms with E-state index in [1.54, 1.807) is 24.3 Å². The first-order valence-electron chi connectivity index (χ1n) is 8.13. The molecule has 13 heteroatoms. The number of nitrogens with two attached hydrogens (primary N) is 1. The number of carbonyl (C=O) groups is 1. The van der Waals surface area contributed by atoms with Crippen LogP contribution < -0.4 is 10.5 Å². The number of hydrogen-bond acceptors (Lipinski definition) is 5. The number of sulfonamides is 1. The van der Waals surface area contributed by atoms with Crippen LogP contribution in [0.3, 0.4) is 0 Å². The second kappa shape index (κ2) is 8.05. The minimum absolute atomic E-state index is 0.0250. The topological polar surface area (TPSA) is 120 Å². The zero-order valence-electron chi connectivity index (χ0n) is 14.9. The Hall–Kier alpha value is -2.96. The van der Waals surface area contributed by atoms with Crippen molar-refractivity contribution in [3.8, 4) is 5.82 Å². The Balaban J connectivity index is 1.91. The van der Waals surface area contributed by atoms with Crippen molar-refractivity contribution in [3.05, 3.63) is 65.1 Å². The molecule has 3 aromatic rings. The fraction of sp³-hybridized carbons (Fsp3) is 0.118. The van der Waals surface area contributed by atoms with E-state index in [-0.39, 0.29) is 12.1 Å². The number of anilines is 1. The number of nitrogens with zero attached hydrogens (tertiary/aromatic N) is 3. The van der Waals surface area contributed by atoms with Crippen molar-refractivity contribution >= 4 is 33.2 Å². The summed E-state index contributed by atoms with van der Waals surface area (Å²) in [4.78, 5) is 15.4. The molecule has 2 aromatic heterocycles. The van der Waals surface area contributed by atoms with Gasteiger partial charge < -0.3 is 5.32 Å². The number of alkyl halides is 3. The molecule has 3 N–H and O–H groups in total. The molecule has 0 saturated heterocycles. The monoisotopic (exact) mass is 459 g/mol. The summed E-state index contributed by atoms with van der Waals surface area (Å²) < 4.78 is 62.9. The van der Waals surface area contributed by atoms with Gasteiger partial charge in [0.15, 0.2) is 5.82 Å². The molecule has 0 spiro atoms. The van der Waals surface area contributed by atoms with E-state index in [2.05, 4.69) is 15.4 Å². The zero-order chi connectivity index (χ0) is 22.1. The van der Waals surface area contributed by atoms with Crippen LogP contribution in [0.15, 0.2) is 53.8 Å². The maximum Gasteiger partial charge on any atom is 0.419 e. The van der Waals surface area contributed by atoms with Crippen molar-refractivity contribution in [2.75, 3.05) is 5.32 Å². The highest BCUT2D eigenvalue weighted by Gasteiger charge is 2.33. The quantitative estimate of drug-likeness (QED) is 0.608. The smallest absolute Gasteiger partial charge is 0.324 e. The van der Waals surface area contributed by atoms with Crippen LogP contribution in [-0.4, -0.2) is 29.1 Å². The maximum absolute atomic E-state index is 12.8. The van der Waals surface area contributed by atoms with Gasteiger partial charge in [-0.2, -0.15) is 18.3 Å². The van der Waals surface area contributed by atoms with Gasteiger partial charge in [0.25, 0.3) is 0 Å². The van der Waals surface area contributed by atoms with Crippen LogP contribution >= 0.6 is 11.6 Å². The lowest BCUT2D eigenvalue weighted by molar-refractivity contribution is -0.137. The van der Waals surface area contributed by atoms with Crippen LogP contribution in [0.1, 0.15) is 11.1 Å². The number of carbonyl (C=O) groups excluding carboxylic acids is 1. The minimum Gasteiger partial charge on any atom is -0.324 e. The summed E-state index contributed by atoms with van der Waals surface area (Å²) in [6.45, 7) is 0. The summed E-state index contributed by atoms with van der Waals surface area (Å²) >= 11 is 6.00. The predicted octanol–water partition coefficient (Wildman–Crippen LogP) is 2.77. The third-order valence-electron chi connectivity index (χ3n) is 3.86. The second-order valence-corrected chi connectivity index (χ2v) is 8.02. The van der Waals surface area contributed by atoms with Gasteiger partial charge in [-0.25, -0.2) is 23.2 Å². The van der Waals surface area contributed by atoms with E-state index in [9.17, 15) is 26.4 Å². The maximum atomic E-state index is 12.8. The van der Waals surface area contributed by atoms with E-state index < -0.39 is 38.4 Å². The Morgan fingerprint density at radius 2 is 1.93 bits per heavy atom. The average molecular weight is 460 g/mol. The Morgan fingerprint density at radius 1 is 1.23 bits per heavy atom. The number of primary sulfonamides is 1. The largest absolute Gasteiger partial charge is 0.419 e. The minimum atomic E-state index is -4.67. The summed E-state index contributed by atoms with van der Waals surface area (Å²) in [5.41, 5.74) is -0.575. The molecule has 0 unspecified atom stereocenters. The number of hydrogen-bond donors (Lipinski definition) is 2. The van der Waals surface area contributed by atoms with Gasteiger partial charge in [-0.1, -0.05) is 29.8 Å². The molecular formula is C17H13ClF3N5O3S. The first-order chi connectivity index (χ1) is 13.9. The molecule has 3 rings (SSSR count). The number of benzene rings is 1. The number of rotatable bonds is 5. The Labute approximate surface area is 173 Å². The zero-order valence-corrected chi connectivity index (χ0v) is 16.5. The molecule has 0 fully saturated rings. The van der Waals surface area contributed by atoms with Gasteiger partial charge in [-0.3, -0.25) is 4.79 Å². The van der Waals surface area contributed by atoms with Crippen molar-refractivity contribution in [1.29, 1.82) is 0 Å². The first-order valence-corrected chi connectivity index (χ1v) is 10.1. The Kier molecular flexibility index (Phi) is 5.83. The molecule has 0 bridgehead atoms. The van der Waals surface area contributed by atoms with Gasteiger partial charge in [-0.05, 0) is 17.7 Å². The normalized spacial score (nSPS) is 12.0. The molecule has 1 aromatic carbocycles. The van der Waals surface area contributed by atoms with Gasteiger partial charge >= 0.3 is 6.18 Å². The van der Waals surface area contributed by atoms with Crippen LogP contribution in [0.4, 0.5) is 18.9 Å².